The van der Waals surface area contributed by atoms with Gasteiger partial charge >= 0.3 is 0 Å². The number of fused-ring (bicyclic) bond motifs is 1. The molecule has 3 aromatic rings. The minimum Gasteiger partial charge on any atom is -0.490 e. The van der Waals surface area contributed by atoms with E-state index in [0.29, 0.717) is 59.5 Å². The van der Waals surface area contributed by atoms with Crippen LogP contribution in [0.15, 0.2) is 35.3 Å². The highest BCUT2D eigenvalue weighted by Crippen LogP contribution is 2.39. The Kier molecular flexibility index (Phi) is 7.10. The van der Waals surface area contributed by atoms with Crippen LogP contribution in [0.5, 0.6) is 17.2 Å². The van der Waals surface area contributed by atoms with E-state index in [0.717, 1.165) is 4.70 Å². The summed E-state index contributed by atoms with van der Waals surface area (Å²) >= 11 is 1.27. The fraction of sp³-hybridized carbons (Fsp3) is 0.364. The van der Waals surface area contributed by atoms with E-state index in [1.165, 1.54) is 17.4 Å². The molecule has 1 amide bonds. The van der Waals surface area contributed by atoms with Gasteiger partial charge in [0.05, 0.1) is 30.0 Å². The third-order valence-electron chi connectivity index (χ3n) is 4.32. The zero-order valence-corrected chi connectivity index (χ0v) is 18.3. The van der Waals surface area contributed by atoms with Gasteiger partial charge in [0.25, 0.3) is 5.91 Å². The van der Waals surface area contributed by atoms with Crippen molar-refractivity contribution in [3.8, 4) is 17.2 Å². The van der Waals surface area contributed by atoms with Crippen LogP contribution in [-0.2, 0) is 6.54 Å². The number of hydrogen-bond acceptors (Lipinski definition) is 5. The molecule has 8 heteroatoms. The highest BCUT2D eigenvalue weighted by atomic mass is 32.1. The van der Waals surface area contributed by atoms with Crippen molar-refractivity contribution in [1.29, 1.82) is 0 Å². The molecule has 0 atom stereocenters. The van der Waals surface area contributed by atoms with E-state index in [4.69, 9.17) is 14.2 Å². The van der Waals surface area contributed by atoms with E-state index in [9.17, 15) is 9.18 Å². The van der Waals surface area contributed by atoms with Crippen molar-refractivity contribution in [3.63, 3.8) is 0 Å². The first-order valence-electron chi connectivity index (χ1n) is 9.97. The number of nitrogens with zero attached hydrogens (tertiary/aromatic N) is 2. The highest BCUT2D eigenvalue weighted by molar-refractivity contribution is 7.16. The summed E-state index contributed by atoms with van der Waals surface area (Å²) in [6, 6.07) is 8.08. The standard InChI is InChI=1S/C22H25FN2O4S/c1-5-25-19-15(23)10-9-11-18(19)30-22(25)24-21(26)14-12-16(27-6-2)20(29-8-4)17(13-14)28-7-3/h9-13H,5-8H2,1-4H3. The first-order chi connectivity index (χ1) is 14.5. The van der Waals surface area contributed by atoms with Crippen LogP contribution in [0.2, 0.25) is 0 Å². The van der Waals surface area contributed by atoms with Gasteiger partial charge in [-0.05, 0) is 52.0 Å². The summed E-state index contributed by atoms with van der Waals surface area (Å²) in [4.78, 5) is 17.7. The number of hydrogen-bond donors (Lipinski definition) is 0. The average molecular weight is 433 g/mol. The lowest BCUT2D eigenvalue weighted by atomic mass is 10.1. The molecule has 1 heterocycles. The Morgan fingerprint density at radius 2 is 1.67 bits per heavy atom. The quantitative estimate of drug-likeness (QED) is 0.513. The van der Waals surface area contributed by atoms with Crippen LogP contribution in [0.3, 0.4) is 0 Å². The van der Waals surface area contributed by atoms with E-state index in [2.05, 4.69) is 4.99 Å². The minimum atomic E-state index is -0.464. The van der Waals surface area contributed by atoms with Gasteiger partial charge in [-0.15, -0.1) is 0 Å². The van der Waals surface area contributed by atoms with Gasteiger partial charge in [0.2, 0.25) is 5.75 Å². The molecule has 6 nitrogen and oxygen atoms in total. The largest absolute Gasteiger partial charge is 0.490 e. The zero-order chi connectivity index (χ0) is 21.7. The number of carbonyl (C=O) groups excluding carboxylic acids is 1. The summed E-state index contributed by atoms with van der Waals surface area (Å²) in [6.45, 7) is 9.20. The van der Waals surface area contributed by atoms with Gasteiger partial charge in [-0.1, -0.05) is 17.4 Å². The van der Waals surface area contributed by atoms with Crippen molar-refractivity contribution in [2.45, 2.75) is 34.2 Å². The number of thiazole rings is 1. The van der Waals surface area contributed by atoms with Crippen molar-refractivity contribution >= 4 is 27.5 Å². The van der Waals surface area contributed by atoms with Crippen LogP contribution in [0.25, 0.3) is 10.2 Å². The Labute approximate surface area is 178 Å². The number of para-hydroxylation sites is 1. The molecule has 0 saturated carbocycles. The van der Waals surface area contributed by atoms with Gasteiger partial charge in [0.1, 0.15) is 5.82 Å². The lowest BCUT2D eigenvalue weighted by Crippen LogP contribution is -2.16. The molecule has 0 saturated heterocycles. The number of aromatic nitrogens is 1. The number of halogens is 1. The average Bonchev–Trinajstić information content (AvgIpc) is 3.08. The van der Waals surface area contributed by atoms with E-state index >= 15 is 0 Å². The Hall–Kier alpha value is -2.87. The maximum Gasteiger partial charge on any atom is 0.279 e. The molecular formula is C22H25FN2O4S. The topological polar surface area (TPSA) is 62.0 Å². The monoisotopic (exact) mass is 432 g/mol. The molecule has 0 spiro atoms. The van der Waals surface area contributed by atoms with Crippen LogP contribution in [0, 0.1) is 5.82 Å². The van der Waals surface area contributed by atoms with Gasteiger partial charge in [-0.3, -0.25) is 4.79 Å². The number of rotatable bonds is 8. The molecule has 0 aliphatic rings. The first kappa shape index (κ1) is 21.8. The second-order valence-corrected chi connectivity index (χ2v) is 7.24. The van der Waals surface area contributed by atoms with E-state index in [1.54, 1.807) is 22.8 Å². The zero-order valence-electron chi connectivity index (χ0n) is 17.5. The molecule has 0 fully saturated rings. The summed E-state index contributed by atoms with van der Waals surface area (Å²) in [5.41, 5.74) is 0.763. The van der Waals surface area contributed by atoms with Crippen LogP contribution >= 0.6 is 11.3 Å². The SMILES string of the molecule is CCOc1cc(C(=O)N=c2sc3cccc(F)c3n2CC)cc(OCC)c1OCC. The maximum absolute atomic E-state index is 14.3. The van der Waals surface area contributed by atoms with E-state index < -0.39 is 5.91 Å². The molecule has 2 aromatic carbocycles. The van der Waals surface area contributed by atoms with Gasteiger partial charge in [0, 0.05) is 12.1 Å². The number of amides is 1. The van der Waals surface area contributed by atoms with Gasteiger partial charge in [-0.25, -0.2) is 4.39 Å². The number of aryl methyl sites for hydroxylation is 1. The summed E-state index contributed by atoms with van der Waals surface area (Å²) in [5, 5.41) is 0. The number of ether oxygens (including phenoxy) is 3. The van der Waals surface area contributed by atoms with Crippen molar-refractivity contribution in [1.82, 2.24) is 4.57 Å². The molecule has 1 aromatic heterocycles. The van der Waals surface area contributed by atoms with Crippen LogP contribution in [-0.4, -0.2) is 30.3 Å². The molecule has 0 bridgehead atoms. The predicted molar refractivity (Wildman–Crippen MR) is 115 cm³/mol. The predicted octanol–water partition coefficient (Wildman–Crippen LogP) is 4.80. The van der Waals surface area contributed by atoms with E-state index in [1.807, 2.05) is 33.8 Å². The summed E-state index contributed by atoms with van der Waals surface area (Å²) in [6.07, 6.45) is 0. The molecule has 0 aliphatic heterocycles. The summed E-state index contributed by atoms with van der Waals surface area (Å²) in [5.74, 6) is 0.515. The maximum atomic E-state index is 14.3. The van der Waals surface area contributed by atoms with Crippen LogP contribution < -0.4 is 19.0 Å². The second kappa shape index (κ2) is 9.75. The summed E-state index contributed by atoms with van der Waals surface area (Å²) in [7, 11) is 0. The highest BCUT2D eigenvalue weighted by Gasteiger charge is 2.19. The lowest BCUT2D eigenvalue weighted by Gasteiger charge is -2.16. The third-order valence-corrected chi connectivity index (χ3v) is 5.36. The Balaban J connectivity index is 2.13. The Bertz CT molecular complexity index is 1090. The van der Waals surface area contributed by atoms with Crippen LogP contribution in [0.1, 0.15) is 38.1 Å². The van der Waals surface area contributed by atoms with Gasteiger partial charge in [0.15, 0.2) is 16.3 Å². The smallest absolute Gasteiger partial charge is 0.279 e. The third kappa shape index (κ3) is 4.33. The Morgan fingerprint density at radius 3 is 2.23 bits per heavy atom. The van der Waals surface area contributed by atoms with Crippen LogP contribution in [0.4, 0.5) is 4.39 Å². The van der Waals surface area contributed by atoms with E-state index in [-0.39, 0.29) is 5.82 Å². The second-order valence-electron chi connectivity index (χ2n) is 6.23. The van der Waals surface area contributed by atoms with Crippen molar-refractivity contribution < 1.29 is 23.4 Å². The molecular weight excluding hydrogens is 407 g/mol. The normalized spacial score (nSPS) is 11.7. The molecule has 160 valence electrons. The van der Waals surface area contributed by atoms with Crippen molar-refractivity contribution in [2.24, 2.45) is 4.99 Å². The van der Waals surface area contributed by atoms with Gasteiger partial charge < -0.3 is 18.8 Å². The van der Waals surface area contributed by atoms with Crippen molar-refractivity contribution in [2.75, 3.05) is 19.8 Å². The molecule has 0 aliphatic carbocycles. The van der Waals surface area contributed by atoms with Crippen molar-refractivity contribution in [3.05, 3.63) is 46.5 Å². The lowest BCUT2D eigenvalue weighted by molar-refractivity contribution is 0.0996. The van der Waals surface area contributed by atoms with Gasteiger partial charge in [-0.2, -0.15) is 4.99 Å². The molecule has 3 rings (SSSR count). The number of carbonyl (C=O) groups is 1. The first-order valence-corrected chi connectivity index (χ1v) is 10.8. The molecule has 0 radical (unpaired) electrons. The Morgan fingerprint density at radius 1 is 1.03 bits per heavy atom. The summed E-state index contributed by atoms with van der Waals surface area (Å²) < 4.78 is 33.8. The minimum absolute atomic E-state index is 0.311. The fourth-order valence-corrected chi connectivity index (χ4v) is 4.24. The molecule has 30 heavy (non-hydrogen) atoms. The molecule has 0 unspecified atom stereocenters. The molecule has 0 N–H and O–H groups in total. The number of benzene rings is 2. The fourth-order valence-electron chi connectivity index (χ4n) is 3.13.